The Morgan fingerprint density at radius 1 is 1.33 bits per heavy atom. The summed E-state index contributed by atoms with van der Waals surface area (Å²) in [7, 11) is 1.58. The first-order valence-corrected chi connectivity index (χ1v) is 5.79. The summed E-state index contributed by atoms with van der Waals surface area (Å²) in [5.74, 6) is 0.666. The van der Waals surface area contributed by atoms with Crippen molar-refractivity contribution in [1.82, 2.24) is 4.90 Å². The lowest BCUT2D eigenvalue weighted by molar-refractivity contribution is -0.115. The molecule has 0 saturated heterocycles. The van der Waals surface area contributed by atoms with Gasteiger partial charge in [0.05, 0.1) is 7.11 Å². The molecule has 0 radical (unpaired) electrons. The number of hydrogen-bond donors (Lipinski definition) is 0. The van der Waals surface area contributed by atoms with Crippen LogP contribution in [0.3, 0.4) is 0 Å². The van der Waals surface area contributed by atoms with E-state index in [0.717, 1.165) is 0 Å². The molecule has 0 bridgehead atoms. The van der Waals surface area contributed by atoms with E-state index in [0.29, 0.717) is 17.7 Å². The van der Waals surface area contributed by atoms with Crippen LogP contribution >= 0.6 is 0 Å². The predicted octanol–water partition coefficient (Wildman–Crippen LogP) is 2.01. The first kappa shape index (κ1) is 12.4. The fraction of sp³-hybridized carbons (Fsp3) is 0.286. The first-order valence-electron chi connectivity index (χ1n) is 5.79. The van der Waals surface area contributed by atoms with E-state index in [4.69, 9.17) is 4.74 Å². The second-order valence-electron chi connectivity index (χ2n) is 4.28. The number of rotatable bonds is 2. The summed E-state index contributed by atoms with van der Waals surface area (Å²) in [6.45, 7) is 1.86. The third kappa shape index (κ3) is 2.42. The van der Waals surface area contributed by atoms with Gasteiger partial charge >= 0.3 is 0 Å². The van der Waals surface area contributed by atoms with E-state index in [1.54, 1.807) is 42.5 Å². The summed E-state index contributed by atoms with van der Waals surface area (Å²) < 4.78 is 5.05. The molecule has 0 aliphatic carbocycles. The fourth-order valence-electron chi connectivity index (χ4n) is 1.92. The molecule has 18 heavy (non-hydrogen) atoms. The van der Waals surface area contributed by atoms with Crippen molar-refractivity contribution in [3.05, 3.63) is 42.1 Å². The summed E-state index contributed by atoms with van der Waals surface area (Å²) in [6, 6.07) is 6.83. The predicted molar refractivity (Wildman–Crippen MR) is 67.4 cm³/mol. The summed E-state index contributed by atoms with van der Waals surface area (Å²) in [5.41, 5.74) is 0.585. The molecule has 0 spiro atoms. The van der Waals surface area contributed by atoms with E-state index in [1.165, 1.54) is 6.08 Å². The standard InChI is InChI=1S/C14H15NO3/c1-10-9-12(16)7-8-15(10)14(17)11-3-5-13(18-2)6-4-11/h3-8,10H,9H2,1-2H3. The van der Waals surface area contributed by atoms with E-state index in [-0.39, 0.29) is 17.7 Å². The minimum absolute atomic E-state index is 0.0567. The highest BCUT2D eigenvalue weighted by atomic mass is 16.5. The van der Waals surface area contributed by atoms with E-state index in [2.05, 4.69) is 0 Å². The Hall–Kier alpha value is -2.10. The highest BCUT2D eigenvalue weighted by molar-refractivity contribution is 5.98. The molecule has 0 fully saturated rings. The van der Waals surface area contributed by atoms with Crippen LogP contribution in [0.5, 0.6) is 5.75 Å². The van der Waals surface area contributed by atoms with Crippen LogP contribution in [-0.4, -0.2) is 29.7 Å². The van der Waals surface area contributed by atoms with Crippen LogP contribution in [0.2, 0.25) is 0 Å². The van der Waals surface area contributed by atoms with Gasteiger partial charge in [0.2, 0.25) is 0 Å². The van der Waals surface area contributed by atoms with Crippen LogP contribution in [-0.2, 0) is 4.79 Å². The van der Waals surface area contributed by atoms with Crippen molar-refractivity contribution in [3.8, 4) is 5.75 Å². The van der Waals surface area contributed by atoms with E-state index in [9.17, 15) is 9.59 Å². The molecule has 1 unspecified atom stereocenters. The maximum absolute atomic E-state index is 12.2. The average molecular weight is 245 g/mol. The number of nitrogens with zero attached hydrogens (tertiary/aromatic N) is 1. The Kier molecular flexibility index (Phi) is 3.46. The zero-order valence-corrected chi connectivity index (χ0v) is 10.4. The average Bonchev–Trinajstić information content (AvgIpc) is 2.38. The molecule has 4 nitrogen and oxygen atoms in total. The van der Waals surface area contributed by atoms with Gasteiger partial charge in [-0.3, -0.25) is 9.59 Å². The Balaban J connectivity index is 2.20. The molecule has 1 heterocycles. The number of methoxy groups -OCH3 is 1. The highest BCUT2D eigenvalue weighted by Gasteiger charge is 2.24. The molecule has 1 aliphatic heterocycles. The number of ether oxygens (including phenoxy) is 1. The quantitative estimate of drug-likeness (QED) is 0.800. The fourth-order valence-corrected chi connectivity index (χ4v) is 1.92. The molecule has 2 rings (SSSR count). The van der Waals surface area contributed by atoms with Crippen molar-refractivity contribution < 1.29 is 14.3 Å². The van der Waals surface area contributed by atoms with Crippen LogP contribution in [0.15, 0.2) is 36.5 Å². The third-order valence-electron chi connectivity index (χ3n) is 2.96. The summed E-state index contributed by atoms with van der Waals surface area (Å²) in [4.78, 5) is 25.0. The third-order valence-corrected chi connectivity index (χ3v) is 2.96. The van der Waals surface area contributed by atoms with Gasteiger partial charge in [0.1, 0.15) is 5.75 Å². The van der Waals surface area contributed by atoms with E-state index in [1.807, 2.05) is 6.92 Å². The molecule has 0 aromatic heterocycles. The number of hydrogen-bond acceptors (Lipinski definition) is 3. The van der Waals surface area contributed by atoms with E-state index >= 15 is 0 Å². The van der Waals surface area contributed by atoms with Gasteiger partial charge in [0, 0.05) is 24.2 Å². The lowest BCUT2D eigenvalue weighted by atomic mass is 10.1. The van der Waals surface area contributed by atoms with Crippen LogP contribution in [0.25, 0.3) is 0 Å². The lowest BCUT2D eigenvalue weighted by Crippen LogP contribution is -2.38. The lowest BCUT2D eigenvalue weighted by Gasteiger charge is -2.28. The summed E-state index contributed by atoms with van der Waals surface area (Å²) in [5, 5.41) is 0. The Morgan fingerprint density at radius 2 is 2.00 bits per heavy atom. The zero-order valence-electron chi connectivity index (χ0n) is 10.4. The van der Waals surface area contributed by atoms with Gasteiger partial charge in [-0.15, -0.1) is 0 Å². The Bertz CT molecular complexity index is 490. The maximum atomic E-state index is 12.2. The second-order valence-corrected chi connectivity index (χ2v) is 4.28. The molecule has 1 aliphatic rings. The Morgan fingerprint density at radius 3 is 2.56 bits per heavy atom. The van der Waals surface area contributed by atoms with Gasteiger partial charge in [-0.2, -0.15) is 0 Å². The molecule has 0 saturated carbocycles. The molecule has 1 amide bonds. The minimum atomic E-state index is -0.103. The molecule has 4 heteroatoms. The second kappa shape index (κ2) is 5.04. The topological polar surface area (TPSA) is 46.6 Å². The number of amides is 1. The smallest absolute Gasteiger partial charge is 0.258 e. The summed E-state index contributed by atoms with van der Waals surface area (Å²) >= 11 is 0. The number of benzene rings is 1. The van der Waals surface area contributed by atoms with Crippen molar-refractivity contribution in [3.63, 3.8) is 0 Å². The molecule has 0 N–H and O–H groups in total. The molecular formula is C14H15NO3. The molecule has 1 aromatic carbocycles. The molecule has 94 valence electrons. The van der Waals surface area contributed by atoms with Gasteiger partial charge in [-0.1, -0.05) is 0 Å². The van der Waals surface area contributed by atoms with Crippen LogP contribution in [0, 0.1) is 0 Å². The van der Waals surface area contributed by atoms with Crippen LogP contribution in [0.4, 0.5) is 0 Å². The molecular weight excluding hydrogens is 230 g/mol. The van der Waals surface area contributed by atoms with E-state index < -0.39 is 0 Å². The molecule has 1 aromatic rings. The Labute approximate surface area is 106 Å². The zero-order chi connectivity index (χ0) is 13.1. The summed E-state index contributed by atoms with van der Waals surface area (Å²) in [6.07, 6.45) is 3.38. The van der Waals surface area contributed by atoms with Crippen LogP contribution < -0.4 is 4.74 Å². The minimum Gasteiger partial charge on any atom is -0.497 e. The number of allylic oxidation sites excluding steroid dienone is 1. The van der Waals surface area contributed by atoms with Gasteiger partial charge in [-0.25, -0.2) is 0 Å². The molecule has 1 atom stereocenters. The van der Waals surface area contributed by atoms with Crippen molar-refractivity contribution in [2.24, 2.45) is 0 Å². The number of carbonyl (C=O) groups is 2. The van der Waals surface area contributed by atoms with Crippen molar-refractivity contribution in [1.29, 1.82) is 0 Å². The van der Waals surface area contributed by atoms with Gasteiger partial charge < -0.3 is 9.64 Å². The SMILES string of the molecule is COc1ccc(C(=O)N2C=CC(=O)CC2C)cc1. The van der Waals surface area contributed by atoms with Gasteiger partial charge in [-0.05, 0) is 37.3 Å². The normalized spacial score (nSPS) is 18.9. The number of ketones is 1. The van der Waals surface area contributed by atoms with Gasteiger partial charge in [0.15, 0.2) is 5.78 Å². The first-order chi connectivity index (χ1) is 8.61. The highest BCUT2D eigenvalue weighted by Crippen LogP contribution is 2.18. The van der Waals surface area contributed by atoms with Crippen molar-refractivity contribution >= 4 is 11.7 Å². The monoisotopic (exact) mass is 245 g/mol. The van der Waals surface area contributed by atoms with Crippen molar-refractivity contribution in [2.75, 3.05) is 7.11 Å². The van der Waals surface area contributed by atoms with Crippen LogP contribution in [0.1, 0.15) is 23.7 Å². The largest absolute Gasteiger partial charge is 0.497 e. The van der Waals surface area contributed by atoms with Gasteiger partial charge in [0.25, 0.3) is 5.91 Å². The maximum Gasteiger partial charge on any atom is 0.258 e. The number of carbonyl (C=O) groups excluding carboxylic acids is 2. The van der Waals surface area contributed by atoms with Crippen molar-refractivity contribution in [2.45, 2.75) is 19.4 Å².